The molecule has 2 N–H and O–H groups in total. The van der Waals surface area contributed by atoms with Crippen LogP contribution in [0.15, 0.2) is 65.8 Å². The molecule has 0 aromatic heterocycles. The van der Waals surface area contributed by atoms with E-state index < -0.39 is 11.8 Å². The Kier molecular flexibility index (Phi) is 5.86. The number of methoxy groups -OCH3 is 2. The zero-order valence-electron chi connectivity index (χ0n) is 15.4. The predicted octanol–water partition coefficient (Wildman–Crippen LogP) is 2.95. The van der Waals surface area contributed by atoms with E-state index in [1.54, 1.807) is 31.4 Å². The molecule has 3 aromatic rings. The summed E-state index contributed by atoms with van der Waals surface area (Å²) in [5, 5.41) is 8.32. The van der Waals surface area contributed by atoms with E-state index in [2.05, 4.69) is 15.8 Å². The summed E-state index contributed by atoms with van der Waals surface area (Å²) in [4.78, 5) is 24.0. The lowest BCUT2D eigenvalue weighted by atomic mass is 10.0. The molecule has 7 nitrogen and oxygen atoms in total. The first-order chi connectivity index (χ1) is 13.6. The number of hydrogen-bond acceptors (Lipinski definition) is 5. The first kappa shape index (κ1) is 18.9. The van der Waals surface area contributed by atoms with Crippen molar-refractivity contribution in [3.05, 3.63) is 66.2 Å². The monoisotopic (exact) mass is 377 g/mol. The van der Waals surface area contributed by atoms with Gasteiger partial charge < -0.3 is 14.8 Å². The van der Waals surface area contributed by atoms with E-state index in [1.165, 1.54) is 13.3 Å². The normalized spacial score (nSPS) is 10.6. The molecule has 0 heterocycles. The number of anilines is 1. The van der Waals surface area contributed by atoms with Gasteiger partial charge in [-0.3, -0.25) is 9.59 Å². The first-order valence-electron chi connectivity index (χ1n) is 8.46. The summed E-state index contributed by atoms with van der Waals surface area (Å²) < 4.78 is 10.4. The molecular weight excluding hydrogens is 358 g/mol. The number of nitrogens with zero attached hydrogens (tertiary/aromatic N) is 1. The summed E-state index contributed by atoms with van der Waals surface area (Å²) in [6.45, 7) is 0. The van der Waals surface area contributed by atoms with Crippen LogP contribution in [0.4, 0.5) is 5.69 Å². The Morgan fingerprint density at radius 3 is 2.54 bits per heavy atom. The Hall–Kier alpha value is -3.87. The molecule has 28 heavy (non-hydrogen) atoms. The number of nitrogens with one attached hydrogen (secondary N) is 2. The molecule has 0 saturated heterocycles. The maximum atomic E-state index is 12.0. The van der Waals surface area contributed by atoms with Crippen molar-refractivity contribution < 1.29 is 19.1 Å². The van der Waals surface area contributed by atoms with Gasteiger partial charge in [-0.25, -0.2) is 5.43 Å². The molecule has 0 aliphatic rings. The smallest absolute Gasteiger partial charge is 0.329 e. The van der Waals surface area contributed by atoms with Crippen molar-refractivity contribution in [1.82, 2.24) is 5.43 Å². The van der Waals surface area contributed by atoms with Crippen molar-refractivity contribution >= 4 is 34.5 Å². The van der Waals surface area contributed by atoms with Crippen molar-refractivity contribution in [2.45, 2.75) is 0 Å². The molecule has 3 aromatic carbocycles. The van der Waals surface area contributed by atoms with E-state index in [0.717, 1.165) is 10.8 Å². The van der Waals surface area contributed by atoms with Gasteiger partial charge in [-0.2, -0.15) is 5.10 Å². The lowest BCUT2D eigenvalue weighted by Crippen LogP contribution is -2.32. The Balaban J connectivity index is 1.71. The van der Waals surface area contributed by atoms with Crippen LogP contribution in [0.3, 0.4) is 0 Å². The van der Waals surface area contributed by atoms with Gasteiger partial charge in [0.25, 0.3) is 0 Å². The van der Waals surface area contributed by atoms with Crippen molar-refractivity contribution in [3.63, 3.8) is 0 Å². The Bertz CT molecular complexity index is 1050. The van der Waals surface area contributed by atoms with Gasteiger partial charge in [-0.15, -0.1) is 0 Å². The van der Waals surface area contributed by atoms with Gasteiger partial charge in [0.05, 0.1) is 20.4 Å². The highest BCUT2D eigenvalue weighted by Gasteiger charge is 2.13. The van der Waals surface area contributed by atoms with Crippen LogP contribution < -0.4 is 20.2 Å². The maximum absolute atomic E-state index is 12.0. The van der Waals surface area contributed by atoms with Crippen LogP contribution in [0, 0.1) is 0 Å². The molecule has 0 spiro atoms. The van der Waals surface area contributed by atoms with Crippen LogP contribution in [0.25, 0.3) is 10.8 Å². The SMILES string of the molecule is COc1cccc(NC(=O)C(=O)N/N=C\c2c(OC)ccc3ccccc23)c1. The third-order valence-corrected chi connectivity index (χ3v) is 4.04. The molecule has 142 valence electrons. The van der Waals surface area contributed by atoms with Crippen LogP contribution in [0.2, 0.25) is 0 Å². The van der Waals surface area contributed by atoms with E-state index in [0.29, 0.717) is 22.7 Å². The number of ether oxygens (including phenoxy) is 2. The largest absolute Gasteiger partial charge is 0.497 e. The molecule has 2 amide bonds. The van der Waals surface area contributed by atoms with Crippen LogP contribution in [-0.2, 0) is 9.59 Å². The molecule has 0 fully saturated rings. The summed E-state index contributed by atoms with van der Waals surface area (Å²) in [7, 11) is 3.07. The van der Waals surface area contributed by atoms with Gasteiger partial charge in [0.15, 0.2) is 0 Å². The maximum Gasteiger partial charge on any atom is 0.329 e. The predicted molar refractivity (Wildman–Crippen MR) is 108 cm³/mol. The van der Waals surface area contributed by atoms with Crippen LogP contribution >= 0.6 is 0 Å². The third-order valence-electron chi connectivity index (χ3n) is 4.04. The number of benzene rings is 3. The molecule has 0 bridgehead atoms. The van der Waals surface area contributed by atoms with E-state index in [4.69, 9.17) is 9.47 Å². The summed E-state index contributed by atoms with van der Waals surface area (Å²) in [6.07, 6.45) is 1.46. The van der Waals surface area contributed by atoms with Gasteiger partial charge in [0.2, 0.25) is 0 Å². The Labute approximate surface area is 162 Å². The summed E-state index contributed by atoms with van der Waals surface area (Å²) >= 11 is 0. The molecule has 0 unspecified atom stereocenters. The Morgan fingerprint density at radius 1 is 0.929 bits per heavy atom. The number of hydrazone groups is 1. The van der Waals surface area contributed by atoms with Gasteiger partial charge in [-0.05, 0) is 29.0 Å². The quantitative estimate of drug-likeness (QED) is 0.406. The zero-order chi connectivity index (χ0) is 19.9. The van der Waals surface area contributed by atoms with E-state index in [1.807, 2.05) is 36.4 Å². The highest BCUT2D eigenvalue weighted by atomic mass is 16.5. The minimum Gasteiger partial charge on any atom is -0.497 e. The van der Waals surface area contributed by atoms with E-state index in [9.17, 15) is 9.59 Å². The molecular formula is C21H19N3O4. The Morgan fingerprint density at radius 2 is 1.75 bits per heavy atom. The molecule has 0 aliphatic carbocycles. The van der Waals surface area contributed by atoms with Gasteiger partial charge in [0, 0.05) is 17.3 Å². The van der Waals surface area contributed by atoms with Crippen LogP contribution in [0.5, 0.6) is 11.5 Å². The van der Waals surface area contributed by atoms with Crippen LogP contribution in [-0.4, -0.2) is 32.2 Å². The number of rotatable bonds is 5. The summed E-state index contributed by atoms with van der Waals surface area (Å²) in [5.74, 6) is -0.551. The summed E-state index contributed by atoms with van der Waals surface area (Å²) in [5.41, 5.74) is 3.37. The first-order valence-corrected chi connectivity index (χ1v) is 8.46. The average molecular weight is 377 g/mol. The minimum absolute atomic E-state index is 0.444. The number of carbonyl (C=O) groups excluding carboxylic acids is 2. The number of carbonyl (C=O) groups is 2. The fourth-order valence-corrected chi connectivity index (χ4v) is 2.68. The van der Waals surface area contributed by atoms with Crippen molar-refractivity contribution in [2.75, 3.05) is 19.5 Å². The summed E-state index contributed by atoms with van der Waals surface area (Å²) in [6, 6.07) is 18.2. The topological polar surface area (TPSA) is 89.0 Å². The second-order valence-electron chi connectivity index (χ2n) is 5.79. The molecule has 0 aliphatic heterocycles. The van der Waals surface area contributed by atoms with Gasteiger partial charge in [0.1, 0.15) is 11.5 Å². The molecule has 7 heteroatoms. The minimum atomic E-state index is -0.890. The second-order valence-corrected chi connectivity index (χ2v) is 5.79. The number of fused-ring (bicyclic) bond motifs is 1. The number of amides is 2. The van der Waals surface area contributed by atoms with E-state index in [-0.39, 0.29) is 0 Å². The lowest BCUT2D eigenvalue weighted by molar-refractivity contribution is -0.136. The fraction of sp³-hybridized carbons (Fsp3) is 0.0952. The van der Waals surface area contributed by atoms with Gasteiger partial charge in [-0.1, -0.05) is 36.4 Å². The molecule has 0 atom stereocenters. The second kappa shape index (κ2) is 8.68. The van der Waals surface area contributed by atoms with Crippen LogP contribution in [0.1, 0.15) is 5.56 Å². The number of hydrogen-bond donors (Lipinski definition) is 2. The molecule has 3 rings (SSSR count). The zero-order valence-corrected chi connectivity index (χ0v) is 15.4. The highest BCUT2D eigenvalue weighted by molar-refractivity contribution is 6.39. The molecule has 0 saturated carbocycles. The van der Waals surface area contributed by atoms with Crippen molar-refractivity contribution in [2.24, 2.45) is 5.10 Å². The average Bonchev–Trinajstić information content (AvgIpc) is 2.73. The lowest BCUT2D eigenvalue weighted by Gasteiger charge is -2.08. The highest BCUT2D eigenvalue weighted by Crippen LogP contribution is 2.26. The van der Waals surface area contributed by atoms with Gasteiger partial charge >= 0.3 is 11.8 Å². The van der Waals surface area contributed by atoms with E-state index >= 15 is 0 Å². The van der Waals surface area contributed by atoms with Crippen molar-refractivity contribution in [1.29, 1.82) is 0 Å². The molecule has 0 radical (unpaired) electrons. The third kappa shape index (κ3) is 4.27. The standard InChI is InChI=1S/C21H19N3O4/c1-27-16-8-5-7-15(12-16)23-20(25)21(26)24-22-13-18-17-9-4-3-6-14(17)10-11-19(18)28-2/h3-13H,1-2H3,(H,23,25)(H,24,26)/b22-13-. The van der Waals surface area contributed by atoms with Crippen molar-refractivity contribution in [3.8, 4) is 11.5 Å². The fourth-order valence-electron chi connectivity index (χ4n) is 2.68.